The van der Waals surface area contributed by atoms with Crippen molar-refractivity contribution in [3.63, 3.8) is 0 Å². The molecule has 1 aromatic rings. The molecule has 0 unspecified atom stereocenters. The first-order valence-electron chi connectivity index (χ1n) is 3.43. The predicted molar refractivity (Wildman–Crippen MR) is 47.9 cm³/mol. The van der Waals surface area contributed by atoms with E-state index in [1.807, 2.05) is 13.1 Å². The molecule has 0 spiro atoms. The first-order chi connectivity index (χ1) is 5.70. The molecule has 0 aliphatic carbocycles. The van der Waals surface area contributed by atoms with Crippen molar-refractivity contribution in [3.05, 3.63) is 30.9 Å². The van der Waals surface area contributed by atoms with E-state index in [2.05, 4.69) is 18.1 Å². The second-order valence-corrected chi connectivity index (χ2v) is 2.38. The monoisotopic (exact) mass is 159 g/mol. The summed E-state index contributed by atoms with van der Waals surface area (Å²) in [5, 5.41) is 8.58. The molecule has 0 radical (unpaired) electrons. The van der Waals surface area contributed by atoms with Crippen molar-refractivity contribution in [1.29, 1.82) is 5.26 Å². The number of aromatic nitrogens is 2. The van der Waals surface area contributed by atoms with E-state index in [1.54, 1.807) is 17.0 Å². The number of imidazole rings is 1. The first-order valence-corrected chi connectivity index (χ1v) is 3.43. The summed E-state index contributed by atoms with van der Waals surface area (Å²) in [5.41, 5.74) is 1.79. The van der Waals surface area contributed by atoms with Crippen LogP contribution in [0, 0.1) is 11.3 Å². The fourth-order valence-corrected chi connectivity index (χ4v) is 0.966. The molecular formula is C9H9N3. The van der Waals surface area contributed by atoms with E-state index in [-0.39, 0.29) is 0 Å². The molecule has 0 N–H and O–H groups in total. The Morgan fingerprint density at radius 1 is 1.83 bits per heavy atom. The molecule has 0 aliphatic rings. The quantitative estimate of drug-likeness (QED) is 0.615. The Bertz CT molecular complexity index is 366. The van der Waals surface area contributed by atoms with Gasteiger partial charge in [0.1, 0.15) is 11.8 Å². The van der Waals surface area contributed by atoms with Crippen molar-refractivity contribution in [2.45, 2.75) is 0 Å². The van der Waals surface area contributed by atoms with Crippen molar-refractivity contribution in [2.75, 3.05) is 0 Å². The van der Waals surface area contributed by atoms with Crippen LogP contribution in [0.1, 0.15) is 11.4 Å². The predicted octanol–water partition coefficient (Wildman–Crippen LogP) is 1.60. The number of nitriles is 1. The number of hydrogen-bond acceptors (Lipinski definition) is 2. The SMILES string of the molecule is C=Cc1c(C(=C)C#N)ncn1C. The average Bonchev–Trinajstić information content (AvgIpc) is 2.45. The minimum atomic E-state index is 0.366. The number of aryl methyl sites for hydroxylation is 1. The van der Waals surface area contributed by atoms with Gasteiger partial charge in [0.25, 0.3) is 0 Å². The van der Waals surface area contributed by atoms with Crippen molar-refractivity contribution in [2.24, 2.45) is 7.05 Å². The molecule has 1 aromatic heterocycles. The fourth-order valence-electron chi connectivity index (χ4n) is 0.966. The molecule has 0 bridgehead atoms. The van der Waals surface area contributed by atoms with Gasteiger partial charge in [-0.2, -0.15) is 5.26 Å². The van der Waals surface area contributed by atoms with Crippen LogP contribution in [0.3, 0.4) is 0 Å². The maximum Gasteiger partial charge on any atom is 0.106 e. The normalized spacial score (nSPS) is 9.00. The summed E-state index contributed by atoms with van der Waals surface area (Å²) in [5.74, 6) is 0. The zero-order valence-electron chi connectivity index (χ0n) is 6.91. The van der Waals surface area contributed by atoms with Gasteiger partial charge in [-0.15, -0.1) is 0 Å². The van der Waals surface area contributed by atoms with Crippen LogP contribution in [-0.2, 0) is 7.05 Å². The van der Waals surface area contributed by atoms with Crippen molar-refractivity contribution in [1.82, 2.24) is 9.55 Å². The Kier molecular flexibility index (Phi) is 2.11. The Morgan fingerprint density at radius 3 is 3.00 bits per heavy atom. The summed E-state index contributed by atoms with van der Waals surface area (Å²) < 4.78 is 1.80. The third kappa shape index (κ3) is 1.15. The van der Waals surface area contributed by atoms with Crippen LogP contribution in [-0.4, -0.2) is 9.55 Å². The summed E-state index contributed by atoms with van der Waals surface area (Å²) in [4.78, 5) is 4.03. The zero-order valence-corrected chi connectivity index (χ0v) is 6.91. The second-order valence-electron chi connectivity index (χ2n) is 2.38. The van der Waals surface area contributed by atoms with E-state index < -0.39 is 0 Å². The van der Waals surface area contributed by atoms with E-state index in [9.17, 15) is 0 Å². The molecule has 0 saturated heterocycles. The van der Waals surface area contributed by atoms with Gasteiger partial charge in [0.05, 0.1) is 17.6 Å². The summed E-state index contributed by atoms with van der Waals surface area (Å²) in [6, 6.07) is 1.95. The van der Waals surface area contributed by atoms with Gasteiger partial charge in [-0.25, -0.2) is 4.98 Å². The lowest BCUT2D eigenvalue weighted by Crippen LogP contribution is -1.90. The van der Waals surface area contributed by atoms with Crippen molar-refractivity contribution >= 4 is 11.6 Å². The van der Waals surface area contributed by atoms with E-state index in [1.165, 1.54) is 0 Å². The first kappa shape index (κ1) is 8.28. The Morgan fingerprint density at radius 2 is 2.50 bits per heavy atom. The highest BCUT2D eigenvalue weighted by molar-refractivity contribution is 5.77. The second kappa shape index (κ2) is 3.05. The van der Waals surface area contributed by atoms with E-state index in [0.29, 0.717) is 11.3 Å². The van der Waals surface area contributed by atoms with E-state index in [0.717, 1.165) is 5.69 Å². The molecule has 0 atom stereocenters. The third-order valence-electron chi connectivity index (χ3n) is 1.60. The Labute approximate surface area is 71.3 Å². The fraction of sp³-hybridized carbons (Fsp3) is 0.111. The van der Waals surface area contributed by atoms with Gasteiger partial charge in [-0.1, -0.05) is 13.2 Å². The van der Waals surface area contributed by atoms with Crippen LogP contribution in [0.4, 0.5) is 0 Å². The van der Waals surface area contributed by atoms with Gasteiger partial charge in [0.2, 0.25) is 0 Å². The lowest BCUT2D eigenvalue weighted by molar-refractivity contribution is 0.902. The molecule has 0 aliphatic heterocycles. The van der Waals surface area contributed by atoms with Gasteiger partial charge in [0.15, 0.2) is 0 Å². The molecule has 0 fully saturated rings. The minimum Gasteiger partial charge on any atom is -0.334 e. The third-order valence-corrected chi connectivity index (χ3v) is 1.60. The van der Waals surface area contributed by atoms with Gasteiger partial charge in [-0.3, -0.25) is 0 Å². The van der Waals surface area contributed by atoms with E-state index >= 15 is 0 Å². The molecule has 60 valence electrons. The summed E-state index contributed by atoms with van der Waals surface area (Å²) in [7, 11) is 1.85. The Balaban J connectivity index is 3.27. The average molecular weight is 159 g/mol. The van der Waals surface area contributed by atoms with Crippen molar-refractivity contribution in [3.8, 4) is 6.07 Å². The maximum absolute atomic E-state index is 8.58. The number of allylic oxidation sites excluding steroid dienone is 1. The largest absolute Gasteiger partial charge is 0.334 e. The topological polar surface area (TPSA) is 41.6 Å². The lowest BCUT2D eigenvalue weighted by atomic mass is 10.2. The van der Waals surface area contributed by atoms with Gasteiger partial charge in [-0.05, 0) is 6.08 Å². The highest BCUT2D eigenvalue weighted by Gasteiger charge is 2.07. The van der Waals surface area contributed by atoms with Gasteiger partial charge >= 0.3 is 0 Å². The number of hydrogen-bond donors (Lipinski definition) is 0. The molecule has 12 heavy (non-hydrogen) atoms. The highest BCUT2D eigenvalue weighted by Crippen LogP contribution is 2.15. The molecule has 0 aromatic carbocycles. The van der Waals surface area contributed by atoms with Gasteiger partial charge < -0.3 is 4.57 Å². The molecule has 1 heterocycles. The van der Waals surface area contributed by atoms with Crippen LogP contribution in [0.5, 0.6) is 0 Å². The molecule has 1 rings (SSSR count). The molecule has 3 heteroatoms. The Hall–Kier alpha value is -1.82. The van der Waals surface area contributed by atoms with Crippen LogP contribution in [0.25, 0.3) is 11.6 Å². The van der Waals surface area contributed by atoms with Crippen molar-refractivity contribution < 1.29 is 0 Å². The molecule has 0 saturated carbocycles. The summed E-state index contributed by atoms with van der Waals surface area (Å²) in [6.07, 6.45) is 3.29. The lowest BCUT2D eigenvalue weighted by Gasteiger charge is -1.96. The van der Waals surface area contributed by atoms with Crippen LogP contribution in [0.2, 0.25) is 0 Å². The minimum absolute atomic E-state index is 0.366. The van der Waals surface area contributed by atoms with Crippen LogP contribution in [0.15, 0.2) is 19.5 Å². The maximum atomic E-state index is 8.58. The zero-order chi connectivity index (χ0) is 9.14. The summed E-state index contributed by atoms with van der Waals surface area (Å²) >= 11 is 0. The van der Waals surface area contributed by atoms with Crippen LogP contribution < -0.4 is 0 Å². The van der Waals surface area contributed by atoms with Gasteiger partial charge in [0, 0.05) is 7.05 Å². The van der Waals surface area contributed by atoms with E-state index in [4.69, 9.17) is 5.26 Å². The summed E-state index contributed by atoms with van der Waals surface area (Å²) in [6.45, 7) is 7.21. The number of rotatable bonds is 2. The molecule has 3 nitrogen and oxygen atoms in total. The standard InChI is InChI=1S/C9H9N3/c1-4-8-9(7(2)5-10)11-6-12(8)3/h4,6H,1-2H2,3H3. The smallest absolute Gasteiger partial charge is 0.106 e. The number of nitrogens with zero attached hydrogens (tertiary/aromatic N) is 3. The molecular weight excluding hydrogens is 150 g/mol. The van der Waals surface area contributed by atoms with Crippen LogP contribution >= 0.6 is 0 Å². The molecule has 0 amide bonds. The highest BCUT2D eigenvalue weighted by atomic mass is 15.0.